The zero-order valence-corrected chi connectivity index (χ0v) is 13.5. The fourth-order valence-electron chi connectivity index (χ4n) is 3.75. The Labute approximate surface area is 136 Å². The Bertz CT molecular complexity index is 427. The Morgan fingerprint density at radius 3 is 2.27 bits per heavy atom. The molecule has 3 fully saturated rings. The average Bonchev–Trinajstić information content (AvgIpc) is 3.09. The molecule has 0 aromatic rings. The van der Waals surface area contributed by atoms with Gasteiger partial charge in [0.25, 0.3) is 0 Å². The van der Waals surface area contributed by atoms with Crippen molar-refractivity contribution in [2.45, 2.75) is 44.6 Å². The molecule has 1 saturated carbocycles. The molecule has 3 atom stereocenters. The average molecular weight is 330 g/mol. The topological polar surface area (TPSA) is 78.5 Å². The second-order valence-electron chi connectivity index (χ2n) is 6.36. The zero-order chi connectivity index (χ0) is 14.8. The van der Waals surface area contributed by atoms with Gasteiger partial charge in [0.15, 0.2) is 0 Å². The van der Waals surface area contributed by atoms with Gasteiger partial charge >= 0.3 is 0 Å². The first-order valence-electron chi connectivity index (χ1n) is 8.02. The van der Waals surface area contributed by atoms with Crippen molar-refractivity contribution < 1.29 is 14.4 Å². The molecular weight excluding hydrogens is 306 g/mol. The molecule has 0 bridgehead atoms. The van der Waals surface area contributed by atoms with Crippen LogP contribution >= 0.6 is 12.4 Å². The third kappa shape index (κ3) is 3.43. The molecule has 0 aromatic heterocycles. The first-order chi connectivity index (χ1) is 10.2. The van der Waals surface area contributed by atoms with Crippen molar-refractivity contribution in [3.63, 3.8) is 0 Å². The predicted molar refractivity (Wildman–Crippen MR) is 83.5 cm³/mol. The summed E-state index contributed by atoms with van der Waals surface area (Å²) in [4.78, 5) is 37.7. The van der Waals surface area contributed by atoms with Gasteiger partial charge in [0.1, 0.15) is 6.54 Å². The number of fused-ring (bicyclic) bond motifs is 1. The molecule has 124 valence electrons. The van der Waals surface area contributed by atoms with Crippen molar-refractivity contribution in [2.24, 2.45) is 11.8 Å². The summed E-state index contributed by atoms with van der Waals surface area (Å²) >= 11 is 0. The van der Waals surface area contributed by atoms with E-state index in [0.29, 0.717) is 12.6 Å². The summed E-state index contributed by atoms with van der Waals surface area (Å²) in [7, 11) is 0. The van der Waals surface area contributed by atoms with E-state index in [-0.39, 0.29) is 48.5 Å². The highest BCUT2D eigenvalue weighted by Gasteiger charge is 2.48. The maximum absolute atomic E-state index is 12.3. The van der Waals surface area contributed by atoms with Gasteiger partial charge in [-0.3, -0.25) is 19.3 Å². The number of likely N-dealkylation sites (tertiary alicyclic amines) is 1. The molecular formula is C15H24ClN3O3. The van der Waals surface area contributed by atoms with Crippen molar-refractivity contribution in [3.05, 3.63) is 0 Å². The molecule has 2 heterocycles. The van der Waals surface area contributed by atoms with Crippen LogP contribution in [0.1, 0.15) is 38.5 Å². The van der Waals surface area contributed by atoms with Crippen molar-refractivity contribution in [1.82, 2.24) is 15.5 Å². The van der Waals surface area contributed by atoms with E-state index in [0.717, 1.165) is 45.1 Å². The first kappa shape index (κ1) is 17.2. The standard InChI is InChI=1S/C15H23N3O3.ClH/c19-13(17-8-10-4-3-7-16-10)9-18-14(20)11-5-1-2-6-12(11)15(18)21;/h10-12,16H,1-9H2,(H,17,19);1H. The van der Waals surface area contributed by atoms with Crippen molar-refractivity contribution in [2.75, 3.05) is 19.6 Å². The number of hydrogen-bond donors (Lipinski definition) is 2. The molecule has 6 nitrogen and oxygen atoms in total. The lowest BCUT2D eigenvalue weighted by molar-refractivity contribution is -0.143. The molecule has 3 amide bonds. The zero-order valence-electron chi connectivity index (χ0n) is 12.7. The molecule has 22 heavy (non-hydrogen) atoms. The van der Waals surface area contributed by atoms with E-state index in [4.69, 9.17) is 0 Å². The highest BCUT2D eigenvalue weighted by molar-refractivity contribution is 6.07. The van der Waals surface area contributed by atoms with Gasteiger partial charge in [0, 0.05) is 12.6 Å². The number of carbonyl (C=O) groups excluding carboxylic acids is 3. The van der Waals surface area contributed by atoms with E-state index < -0.39 is 0 Å². The third-order valence-electron chi connectivity index (χ3n) is 4.94. The first-order valence-corrected chi connectivity index (χ1v) is 8.02. The lowest BCUT2D eigenvalue weighted by Crippen LogP contribution is -2.44. The van der Waals surface area contributed by atoms with E-state index in [1.54, 1.807) is 0 Å². The highest BCUT2D eigenvalue weighted by Crippen LogP contribution is 2.37. The van der Waals surface area contributed by atoms with E-state index in [2.05, 4.69) is 10.6 Å². The van der Waals surface area contributed by atoms with Gasteiger partial charge < -0.3 is 10.6 Å². The molecule has 3 unspecified atom stereocenters. The second kappa shape index (κ2) is 7.42. The summed E-state index contributed by atoms with van der Waals surface area (Å²) < 4.78 is 0. The maximum atomic E-state index is 12.3. The number of amides is 3. The van der Waals surface area contributed by atoms with Gasteiger partial charge in [-0.1, -0.05) is 12.8 Å². The van der Waals surface area contributed by atoms with Gasteiger partial charge in [-0.25, -0.2) is 0 Å². The molecule has 1 aliphatic carbocycles. The van der Waals surface area contributed by atoms with Crippen LogP contribution in [0.3, 0.4) is 0 Å². The number of halogens is 1. The highest BCUT2D eigenvalue weighted by atomic mass is 35.5. The van der Waals surface area contributed by atoms with Gasteiger partial charge in [-0.2, -0.15) is 0 Å². The number of hydrogen-bond acceptors (Lipinski definition) is 4. The summed E-state index contributed by atoms with van der Waals surface area (Å²) in [5.41, 5.74) is 0. The fraction of sp³-hybridized carbons (Fsp3) is 0.800. The normalized spacial score (nSPS) is 30.9. The predicted octanol–water partition coefficient (Wildman–Crippen LogP) is 0.452. The molecule has 3 aliphatic rings. The molecule has 2 aliphatic heterocycles. The van der Waals surface area contributed by atoms with Crippen LogP contribution in [0.25, 0.3) is 0 Å². The molecule has 0 radical (unpaired) electrons. The summed E-state index contributed by atoms with van der Waals surface area (Å²) in [6, 6.07) is 0.321. The van der Waals surface area contributed by atoms with Crippen LogP contribution < -0.4 is 10.6 Å². The second-order valence-corrected chi connectivity index (χ2v) is 6.36. The van der Waals surface area contributed by atoms with Crippen LogP contribution in [0.4, 0.5) is 0 Å². The van der Waals surface area contributed by atoms with Crippen molar-refractivity contribution in [1.29, 1.82) is 0 Å². The summed E-state index contributed by atoms with van der Waals surface area (Å²) in [6.07, 6.45) is 5.79. The van der Waals surface area contributed by atoms with Gasteiger partial charge in [-0.05, 0) is 32.2 Å². The van der Waals surface area contributed by atoms with Crippen LogP contribution in [-0.2, 0) is 14.4 Å². The molecule has 0 spiro atoms. The van der Waals surface area contributed by atoms with E-state index in [1.807, 2.05) is 0 Å². The molecule has 0 aromatic carbocycles. The van der Waals surface area contributed by atoms with Crippen LogP contribution in [0.15, 0.2) is 0 Å². The van der Waals surface area contributed by atoms with Crippen LogP contribution in [0, 0.1) is 11.8 Å². The third-order valence-corrected chi connectivity index (χ3v) is 4.94. The van der Waals surface area contributed by atoms with Crippen LogP contribution in [0.2, 0.25) is 0 Å². The summed E-state index contributed by atoms with van der Waals surface area (Å²) in [5.74, 6) is -0.854. The monoisotopic (exact) mass is 329 g/mol. The lowest BCUT2D eigenvalue weighted by atomic mass is 9.81. The summed E-state index contributed by atoms with van der Waals surface area (Å²) in [6.45, 7) is 1.45. The van der Waals surface area contributed by atoms with Gasteiger partial charge in [-0.15, -0.1) is 12.4 Å². The quantitative estimate of drug-likeness (QED) is 0.734. The molecule has 7 heteroatoms. The van der Waals surface area contributed by atoms with Crippen LogP contribution in [0.5, 0.6) is 0 Å². The fourth-order valence-corrected chi connectivity index (χ4v) is 3.75. The Balaban J connectivity index is 0.00000176. The summed E-state index contributed by atoms with van der Waals surface area (Å²) in [5, 5.41) is 6.13. The minimum absolute atomic E-state index is 0. The lowest BCUT2D eigenvalue weighted by Gasteiger charge is -2.19. The smallest absolute Gasteiger partial charge is 0.240 e. The number of rotatable bonds is 4. The van der Waals surface area contributed by atoms with E-state index >= 15 is 0 Å². The Hall–Kier alpha value is -1.14. The number of nitrogens with zero attached hydrogens (tertiary/aromatic N) is 1. The van der Waals surface area contributed by atoms with Crippen LogP contribution in [-0.4, -0.2) is 48.3 Å². The molecule has 2 saturated heterocycles. The van der Waals surface area contributed by atoms with E-state index in [1.165, 1.54) is 4.90 Å². The Morgan fingerprint density at radius 1 is 1.09 bits per heavy atom. The minimum Gasteiger partial charge on any atom is -0.353 e. The van der Waals surface area contributed by atoms with E-state index in [9.17, 15) is 14.4 Å². The number of nitrogens with one attached hydrogen (secondary N) is 2. The van der Waals surface area contributed by atoms with Gasteiger partial charge in [0.05, 0.1) is 11.8 Å². The largest absolute Gasteiger partial charge is 0.353 e. The number of carbonyl (C=O) groups is 3. The molecule has 3 rings (SSSR count). The Kier molecular flexibility index (Phi) is 5.81. The van der Waals surface area contributed by atoms with Crippen molar-refractivity contribution in [3.8, 4) is 0 Å². The van der Waals surface area contributed by atoms with Gasteiger partial charge in [0.2, 0.25) is 17.7 Å². The SMILES string of the molecule is Cl.O=C(CN1C(=O)C2CCCCC2C1=O)NCC1CCCN1. The Morgan fingerprint density at radius 2 is 1.73 bits per heavy atom. The minimum atomic E-state index is -0.232. The molecule has 2 N–H and O–H groups in total. The van der Waals surface area contributed by atoms with Crippen molar-refractivity contribution >= 4 is 30.1 Å². The number of imide groups is 1. The maximum Gasteiger partial charge on any atom is 0.240 e.